The largest absolute Gasteiger partial charge is 0.259 e. The van der Waals surface area contributed by atoms with Gasteiger partial charge in [-0.1, -0.05) is 0 Å². The van der Waals surface area contributed by atoms with E-state index in [4.69, 9.17) is 5.53 Å². The monoisotopic (exact) mass is 123 g/mol. The Balaban J connectivity index is 2.97. The van der Waals surface area contributed by atoms with Gasteiger partial charge in [-0.25, -0.2) is 0 Å². The van der Waals surface area contributed by atoms with Crippen LogP contribution in [0.4, 0.5) is 5.95 Å². The molecule has 0 aliphatic rings. The number of hydrogen-bond donors (Lipinski definition) is 0. The molecule has 1 heterocycles. The van der Waals surface area contributed by atoms with Crippen LogP contribution in [-0.4, -0.2) is 20.4 Å². The number of nitrogens with zero attached hydrogens (tertiary/aromatic N) is 7. The molecule has 0 unspecified atom stereocenters. The van der Waals surface area contributed by atoms with Crippen LogP contribution in [0.5, 0.6) is 0 Å². The zero-order chi connectivity index (χ0) is 6.53. The third-order valence-electron chi connectivity index (χ3n) is 0.532. The smallest absolute Gasteiger partial charge is 0.135 e. The summed E-state index contributed by atoms with van der Waals surface area (Å²) in [6, 6.07) is 0. The molecule has 0 fully saturated rings. The lowest BCUT2D eigenvalue weighted by molar-refractivity contribution is 0.851. The Bertz CT molecular complexity index is 222. The van der Waals surface area contributed by atoms with Gasteiger partial charge in [0.25, 0.3) is 5.95 Å². The fraction of sp³-hybridized carbons (Fsp3) is 0. The molecule has 7 heteroatoms. The quantitative estimate of drug-likeness (QED) is 0.302. The molecule has 1 rings (SSSR count). The first-order valence-corrected chi connectivity index (χ1v) is 1.99. The Hall–Kier alpha value is -1.75. The lowest BCUT2D eigenvalue weighted by Crippen LogP contribution is -1.85. The summed E-state index contributed by atoms with van der Waals surface area (Å²) in [5, 5.41) is 16.3. The average molecular weight is 123 g/mol. The van der Waals surface area contributed by atoms with Crippen molar-refractivity contribution >= 4 is 5.95 Å². The zero-order valence-electron chi connectivity index (χ0n) is 4.21. The summed E-state index contributed by atoms with van der Waals surface area (Å²) >= 11 is 0. The predicted octanol–water partition coefficient (Wildman–Crippen LogP) is 0.208. The molecular formula is C2HN7. The molecule has 0 bridgehead atoms. The third-order valence-corrected chi connectivity index (χ3v) is 0.532. The van der Waals surface area contributed by atoms with Gasteiger partial charge in [0.15, 0.2) is 6.33 Å². The first-order valence-electron chi connectivity index (χ1n) is 1.99. The Morgan fingerprint density at radius 3 is 2.67 bits per heavy atom. The molecule has 0 saturated heterocycles. The van der Waals surface area contributed by atoms with Gasteiger partial charge < -0.3 is 0 Å². The molecule has 0 aromatic carbocycles. The van der Waals surface area contributed by atoms with Gasteiger partial charge in [-0.3, -0.25) is 0 Å². The van der Waals surface area contributed by atoms with Crippen molar-refractivity contribution < 1.29 is 0 Å². The second-order valence-electron chi connectivity index (χ2n) is 1.04. The van der Waals surface area contributed by atoms with Crippen LogP contribution in [0.15, 0.2) is 11.4 Å². The Morgan fingerprint density at radius 2 is 2.11 bits per heavy atom. The minimum Gasteiger partial charge on any atom is -0.135 e. The molecule has 0 aliphatic heterocycles. The molecule has 0 aliphatic carbocycles. The summed E-state index contributed by atoms with van der Waals surface area (Å²) in [4.78, 5) is 2.43. The molecule has 9 heavy (non-hydrogen) atoms. The lowest BCUT2D eigenvalue weighted by atomic mass is 11.1. The van der Waals surface area contributed by atoms with Gasteiger partial charge in [-0.15, -0.1) is 20.4 Å². The number of azide groups is 1. The highest BCUT2D eigenvalue weighted by Crippen LogP contribution is 1.93. The van der Waals surface area contributed by atoms with E-state index in [9.17, 15) is 0 Å². The van der Waals surface area contributed by atoms with Crippen molar-refractivity contribution in [3.63, 3.8) is 0 Å². The Morgan fingerprint density at radius 1 is 1.44 bits per heavy atom. The third kappa shape index (κ3) is 1.32. The molecule has 44 valence electrons. The minimum atomic E-state index is -0.0694. The summed E-state index contributed by atoms with van der Waals surface area (Å²) in [6.07, 6.45) is 1.15. The zero-order valence-corrected chi connectivity index (χ0v) is 4.21. The second-order valence-corrected chi connectivity index (χ2v) is 1.04. The maximum atomic E-state index is 7.84. The van der Waals surface area contributed by atoms with E-state index in [1.54, 1.807) is 0 Å². The van der Waals surface area contributed by atoms with E-state index < -0.39 is 0 Å². The van der Waals surface area contributed by atoms with Crippen molar-refractivity contribution in [2.45, 2.75) is 0 Å². The standard InChI is InChI=1S/C2HN7/c3-9-8-2-6-4-1-5-7-2/h1H. The molecule has 1 aromatic rings. The maximum Gasteiger partial charge on any atom is 0.259 e. The van der Waals surface area contributed by atoms with Crippen LogP contribution in [0.25, 0.3) is 10.4 Å². The first-order chi connectivity index (χ1) is 4.43. The highest BCUT2D eigenvalue weighted by molar-refractivity contribution is 5.04. The van der Waals surface area contributed by atoms with Gasteiger partial charge in [0.2, 0.25) is 0 Å². The average Bonchev–Trinajstić information content (AvgIpc) is 1.91. The molecule has 0 radical (unpaired) electrons. The van der Waals surface area contributed by atoms with Crippen molar-refractivity contribution in [2.24, 2.45) is 5.11 Å². The van der Waals surface area contributed by atoms with E-state index in [0.29, 0.717) is 0 Å². The summed E-state index contributed by atoms with van der Waals surface area (Å²) in [5.74, 6) is -0.0694. The van der Waals surface area contributed by atoms with E-state index in [1.165, 1.54) is 0 Å². The molecule has 0 spiro atoms. The Labute approximate surface area is 49.4 Å². The van der Waals surface area contributed by atoms with Crippen molar-refractivity contribution in [1.82, 2.24) is 20.4 Å². The number of hydrogen-bond acceptors (Lipinski definition) is 5. The van der Waals surface area contributed by atoms with E-state index >= 15 is 0 Å². The van der Waals surface area contributed by atoms with Gasteiger partial charge in [-0.05, 0) is 10.6 Å². The number of rotatable bonds is 1. The highest BCUT2D eigenvalue weighted by atomic mass is 15.4. The maximum absolute atomic E-state index is 7.84. The van der Waals surface area contributed by atoms with Gasteiger partial charge in [0.1, 0.15) is 0 Å². The fourth-order valence-corrected chi connectivity index (χ4v) is 0.278. The molecule has 7 nitrogen and oxygen atoms in total. The molecule has 1 aromatic heterocycles. The summed E-state index contributed by atoms with van der Waals surface area (Å²) in [6.45, 7) is 0. The normalized spacial score (nSPS) is 8.00. The van der Waals surface area contributed by atoms with Gasteiger partial charge in [-0.2, -0.15) is 0 Å². The van der Waals surface area contributed by atoms with Crippen LogP contribution >= 0.6 is 0 Å². The summed E-state index contributed by atoms with van der Waals surface area (Å²) in [5.41, 5.74) is 7.84. The lowest BCUT2D eigenvalue weighted by Gasteiger charge is -1.79. The van der Waals surface area contributed by atoms with E-state index in [-0.39, 0.29) is 5.95 Å². The van der Waals surface area contributed by atoms with Crippen molar-refractivity contribution in [2.75, 3.05) is 0 Å². The SMILES string of the molecule is [N-]=[N+]=Nc1nncnn1. The molecule has 0 N–H and O–H groups in total. The van der Waals surface area contributed by atoms with E-state index in [2.05, 4.69) is 30.4 Å². The second kappa shape index (κ2) is 2.53. The summed E-state index contributed by atoms with van der Waals surface area (Å²) < 4.78 is 0. The first kappa shape index (κ1) is 5.39. The molecule has 0 saturated carbocycles. The molecular weight excluding hydrogens is 122 g/mol. The topological polar surface area (TPSA) is 100 Å². The molecule has 0 amide bonds. The van der Waals surface area contributed by atoms with E-state index in [1.807, 2.05) is 0 Å². The van der Waals surface area contributed by atoms with Crippen LogP contribution < -0.4 is 0 Å². The van der Waals surface area contributed by atoms with Crippen molar-refractivity contribution in [1.29, 1.82) is 0 Å². The van der Waals surface area contributed by atoms with Crippen LogP contribution in [0.1, 0.15) is 0 Å². The van der Waals surface area contributed by atoms with Crippen molar-refractivity contribution in [3.05, 3.63) is 16.8 Å². The predicted molar refractivity (Wildman–Crippen MR) is 26.4 cm³/mol. The Kier molecular flexibility index (Phi) is 1.52. The van der Waals surface area contributed by atoms with Crippen LogP contribution in [0, 0.1) is 0 Å². The van der Waals surface area contributed by atoms with Gasteiger partial charge in [0.05, 0.1) is 0 Å². The number of aromatic nitrogens is 4. The van der Waals surface area contributed by atoms with Gasteiger partial charge in [0, 0.05) is 4.91 Å². The fourth-order valence-electron chi connectivity index (χ4n) is 0.278. The van der Waals surface area contributed by atoms with Crippen LogP contribution in [0.3, 0.4) is 0 Å². The summed E-state index contributed by atoms with van der Waals surface area (Å²) in [7, 11) is 0. The van der Waals surface area contributed by atoms with Crippen LogP contribution in [0.2, 0.25) is 0 Å². The minimum absolute atomic E-state index is 0.0694. The van der Waals surface area contributed by atoms with Gasteiger partial charge >= 0.3 is 0 Å². The van der Waals surface area contributed by atoms with E-state index in [0.717, 1.165) is 6.33 Å². The molecule has 0 atom stereocenters. The van der Waals surface area contributed by atoms with Crippen molar-refractivity contribution in [3.8, 4) is 0 Å². The van der Waals surface area contributed by atoms with Crippen LogP contribution in [-0.2, 0) is 0 Å². The highest BCUT2D eigenvalue weighted by Gasteiger charge is 1.85.